The molecule has 2 atom stereocenters. The van der Waals surface area contributed by atoms with Crippen molar-refractivity contribution in [3.63, 3.8) is 0 Å². The lowest BCUT2D eigenvalue weighted by Gasteiger charge is -2.34. The van der Waals surface area contributed by atoms with E-state index in [1.807, 2.05) is 29.2 Å². The molecule has 2 aromatic rings. The number of aliphatic hydroxyl groups excluding tert-OH is 1. The summed E-state index contributed by atoms with van der Waals surface area (Å²) in [4.78, 5) is 19.1. The number of nitrogens with one attached hydrogen (secondary N) is 1. The molecule has 0 bridgehead atoms. The Labute approximate surface area is 147 Å². The molecule has 2 N–H and O–H groups in total. The minimum atomic E-state index is -0.371. The summed E-state index contributed by atoms with van der Waals surface area (Å²) in [7, 11) is 0. The molecular formula is C19H24N4O2. The van der Waals surface area contributed by atoms with Crippen molar-refractivity contribution in [1.29, 1.82) is 0 Å². The number of aromatic nitrogens is 3. The number of amides is 1. The number of aromatic amines is 1. The van der Waals surface area contributed by atoms with Crippen molar-refractivity contribution in [2.45, 2.75) is 44.6 Å². The average molecular weight is 340 g/mol. The first kappa shape index (κ1) is 16.3. The first-order chi connectivity index (χ1) is 12.1. The van der Waals surface area contributed by atoms with Crippen LogP contribution >= 0.6 is 0 Å². The molecule has 0 spiro atoms. The van der Waals surface area contributed by atoms with E-state index >= 15 is 0 Å². The van der Waals surface area contributed by atoms with Crippen molar-refractivity contribution >= 4 is 5.91 Å². The van der Waals surface area contributed by atoms with Crippen LogP contribution in [0, 0.1) is 5.92 Å². The van der Waals surface area contributed by atoms with Crippen LogP contribution in [0.1, 0.15) is 54.7 Å². The van der Waals surface area contributed by atoms with Gasteiger partial charge >= 0.3 is 0 Å². The molecular weight excluding hydrogens is 316 g/mol. The lowest BCUT2D eigenvalue weighted by atomic mass is 9.93. The minimum Gasteiger partial charge on any atom is -0.393 e. The Bertz CT molecular complexity index is 749. The van der Waals surface area contributed by atoms with Gasteiger partial charge in [-0.15, -0.1) is 0 Å². The Kier molecular flexibility index (Phi) is 4.29. The van der Waals surface area contributed by atoms with Gasteiger partial charge in [-0.25, -0.2) is 4.98 Å². The van der Waals surface area contributed by atoms with Crippen LogP contribution in [0.25, 0.3) is 11.4 Å². The maximum atomic E-state index is 12.7. The smallest absolute Gasteiger partial charge is 0.253 e. The molecule has 2 fully saturated rings. The summed E-state index contributed by atoms with van der Waals surface area (Å²) < 4.78 is 0. The van der Waals surface area contributed by atoms with Gasteiger partial charge in [-0.1, -0.05) is 12.1 Å². The van der Waals surface area contributed by atoms with Crippen LogP contribution in [0.4, 0.5) is 0 Å². The number of piperidine rings is 1. The number of nitrogens with zero attached hydrogens (tertiary/aromatic N) is 3. The first-order valence-corrected chi connectivity index (χ1v) is 9.12. The predicted molar refractivity (Wildman–Crippen MR) is 94.1 cm³/mol. The van der Waals surface area contributed by atoms with E-state index in [1.165, 1.54) is 12.8 Å². The quantitative estimate of drug-likeness (QED) is 0.896. The predicted octanol–water partition coefficient (Wildman–Crippen LogP) is 2.58. The molecule has 6 heteroatoms. The molecule has 2 aliphatic rings. The Hall–Kier alpha value is -2.21. The highest BCUT2D eigenvalue weighted by atomic mass is 16.3. The second-order valence-corrected chi connectivity index (χ2v) is 7.29. The van der Waals surface area contributed by atoms with Gasteiger partial charge in [0, 0.05) is 36.1 Å². The number of hydrogen-bond donors (Lipinski definition) is 2. The van der Waals surface area contributed by atoms with Crippen LogP contribution in [-0.2, 0) is 0 Å². The van der Waals surface area contributed by atoms with Crippen LogP contribution in [0.15, 0.2) is 24.3 Å². The molecule has 1 aromatic carbocycles. The first-order valence-electron chi connectivity index (χ1n) is 9.12. The van der Waals surface area contributed by atoms with Gasteiger partial charge in [0.15, 0.2) is 5.82 Å². The van der Waals surface area contributed by atoms with Crippen LogP contribution in [0.3, 0.4) is 0 Å². The zero-order chi connectivity index (χ0) is 17.4. The third-order valence-electron chi connectivity index (χ3n) is 5.28. The van der Waals surface area contributed by atoms with Gasteiger partial charge in [-0.05, 0) is 44.7 Å². The molecule has 2 heterocycles. The van der Waals surface area contributed by atoms with E-state index in [9.17, 15) is 9.90 Å². The summed E-state index contributed by atoms with van der Waals surface area (Å²) in [6.07, 6.45) is 3.93. The fourth-order valence-electron chi connectivity index (χ4n) is 3.48. The summed E-state index contributed by atoms with van der Waals surface area (Å²) >= 11 is 0. The summed E-state index contributed by atoms with van der Waals surface area (Å²) in [5.74, 6) is 2.40. The van der Waals surface area contributed by atoms with E-state index in [-0.39, 0.29) is 17.9 Å². The van der Waals surface area contributed by atoms with Crippen LogP contribution in [0.2, 0.25) is 0 Å². The van der Waals surface area contributed by atoms with Crippen LogP contribution < -0.4 is 0 Å². The summed E-state index contributed by atoms with van der Waals surface area (Å²) in [5, 5.41) is 17.1. The molecule has 4 rings (SSSR count). The maximum Gasteiger partial charge on any atom is 0.253 e. The molecule has 1 aliphatic heterocycles. The van der Waals surface area contributed by atoms with Crippen molar-refractivity contribution < 1.29 is 9.90 Å². The Balaban J connectivity index is 1.46. The molecule has 1 aromatic heterocycles. The molecule has 1 saturated carbocycles. The van der Waals surface area contributed by atoms with Crippen molar-refractivity contribution in [2.75, 3.05) is 13.1 Å². The normalized spacial score (nSPS) is 22.0. The van der Waals surface area contributed by atoms with E-state index in [2.05, 4.69) is 15.2 Å². The van der Waals surface area contributed by atoms with E-state index in [4.69, 9.17) is 0 Å². The molecule has 6 nitrogen and oxygen atoms in total. The topological polar surface area (TPSA) is 82.1 Å². The number of carbonyl (C=O) groups excluding carboxylic acids is 1. The second-order valence-electron chi connectivity index (χ2n) is 7.29. The number of benzene rings is 1. The summed E-state index contributed by atoms with van der Waals surface area (Å²) in [6, 6.07) is 7.50. The molecule has 2 unspecified atom stereocenters. The largest absolute Gasteiger partial charge is 0.393 e. The highest BCUT2D eigenvalue weighted by Crippen LogP contribution is 2.38. The van der Waals surface area contributed by atoms with Crippen LogP contribution in [-0.4, -0.2) is 50.3 Å². The van der Waals surface area contributed by atoms with Gasteiger partial charge in [0.25, 0.3) is 5.91 Å². The number of rotatable bonds is 4. The van der Waals surface area contributed by atoms with Gasteiger partial charge in [0.2, 0.25) is 0 Å². The Morgan fingerprint density at radius 2 is 2.04 bits per heavy atom. The van der Waals surface area contributed by atoms with Gasteiger partial charge < -0.3 is 10.0 Å². The zero-order valence-corrected chi connectivity index (χ0v) is 14.5. The van der Waals surface area contributed by atoms with Crippen molar-refractivity contribution in [1.82, 2.24) is 20.1 Å². The number of hydrogen-bond acceptors (Lipinski definition) is 4. The molecule has 25 heavy (non-hydrogen) atoms. The molecule has 1 saturated heterocycles. The van der Waals surface area contributed by atoms with E-state index < -0.39 is 0 Å². The maximum absolute atomic E-state index is 12.7. The Morgan fingerprint density at radius 3 is 2.72 bits per heavy atom. The van der Waals surface area contributed by atoms with Gasteiger partial charge in [-0.2, -0.15) is 5.10 Å². The number of aliphatic hydroxyl groups is 1. The van der Waals surface area contributed by atoms with Gasteiger partial charge in [0.1, 0.15) is 5.82 Å². The minimum absolute atomic E-state index is 0.0329. The van der Waals surface area contributed by atoms with Crippen LogP contribution in [0.5, 0.6) is 0 Å². The third kappa shape index (κ3) is 3.44. The molecule has 0 radical (unpaired) electrons. The van der Waals surface area contributed by atoms with E-state index in [0.29, 0.717) is 23.9 Å². The zero-order valence-electron chi connectivity index (χ0n) is 14.5. The molecule has 1 aliphatic carbocycles. The van der Waals surface area contributed by atoms with Crippen molar-refractivity contribution in [3.05, 3.63) is 35.7 Å². The molecule has 1 amide bonds. The SMILES string of the molecule is CC(O)C1CCCN(C(=O)c2ccc(-c3n[nH]c(C4CC4)n3)cc2)C1. The van der Waals surface area contributed by atoms with Crippen molar-refractivity contribution in [3.8, 4) is 11.4 Å². The molecule has 132 valence electrons. The van der Waals surface area contributed by atoms with E-state index in [1.54, 1.807) is 6.92 Å². The lowest BCUT2D eigenvalue weighted by Crippen LogP contribution is -2.42. The van der Waals surface area contributed by atoms with Crippen molar-refractivity contribution in [2.24, 2.45) is 5.92 Å². The lowest BCUT2D eigenvalue weighted by molar-refractivity contribution is 0.0466. The fourth-order valence-corrected chi connectivity index (χ4v) is 3.48. The van der Waals surface area contributed by atoms with E-state index in [0.717, 1.165) is 30.8 Å². The van der Waals surface area contributed by atoms with Gasteiger partial charge in [0.05, 0.1) is 6.10 Å². The summed E-state index contributed by atoms with van der Waals surface area (Å²) in [5.41, 5.74) is 1.59. The van der Waals surface area contributed by atoms with Gasteiger partial charge in [-0.3, -0.25) is 9.89 Å². The monoisotopic (exact) mass is 340 g/mol. The third-order valence-corrected chi connectivity index (χ3v) is 5.28. The fraction of sp³-hybridized carbons (Fsp3) is 0.526. The summed E-state index contributed by atoms with van der Waals surface area (Å²) in [6.45, 7) is 3.19. The number of carbonyl (C=O) groups is 1. The highest BCUT2D eigenvalue weighted by Gasteiger charge is 2.28. The average Bonchev–Trinajstić information content (AvgIpc) is 3.38. The number of H-pyrrole nitrogens is 1. The standard InChI is InChI=1S/C19H24N4O2/c1-12(24)16-3-2-10-23(11-16)19(25)15-8-6-14(7-9-15)18-20-17(21-22-18)13-4-5-13/h6-9,12-13,16,24H,2-5,10-11H2,1H3,(H,20,21,22). The Morgan fingerprint density at radius 1 is 1.28 bits per heavy atom. The number of likely N-dealkylation sites (tertiary alicyclic amines) is 1. The second kappa shape index (κ2) is 6.59. The highest BCUT2D eigenvalue weighted by molar-refractivity contribution is 5.94.